The van der Waals surface area contributed by atoms with Crippen LogP contribution in [0.1, 0.15) is 33.6 Å². The van der Waals surface area contributed by atoms with E-state index in [1.165, 1.54) is 7.11 Å². The monoisotopic (exact) mass is 242 g/mol. The lowest BCUT2D eigenvalue weighted by Crippen LogP contribution is -2.51. The number of likely N-dealkylation sites (tertiary alicyclic amines) is 1. The zero-order chi connectivity index (χ0) is 12.8. The Morgan fingerprint density at radius 1 is 1.47 bits per heavy atom. The molecule has 0 aromatic carbocycles. The van der Waals surface area contributed by atoms with E-state index in [2.05, 4.69) is 35.7 Å². The van der Waals surface area contributed by atoms with Crippen LogP contribution in [0.5, 0.6) is 0 Å². The Hall–Kier alpha value is -0.770. The maximum Gasteiger partial charge on any atom is 0.407 e. The summed E-state index contributed by atoms with van der Waals surface area (Å²) in [6.07, 6.45) is 1.92. The van der Waals surface area contributed by atoms with Gasteiger partial charge in [0.15, 0.2) is 0 Å². The normalized spacial score (nSPS) is 25.9. The van der Waals surface area contributed by atoms with E-state index in [0.29, 0.717) is 11.8 Å². The zero-order valence-electron chi connectivity index (χ0n) is 11.5. The maximum absolute atomic E-state index is 11.3. The first kappa shape index (κ1) is 14.3. The van der Waals surface area contributed by atoms with Crippen molar-refractivity contribution in [2.24, 2.45) is 11.8 Å². The van der Waals surface area contributed by atoms with Gasteiger partial charge >= 0.3 is 6.09 Å². The van der Waals surface area contributed by atoms with E-state index in [4.69, 9.17) is 0 Å². The van der Waals surface area contributed by atoms with Crippen LogP contribution in [0.25, 0.3) is 0 Å². The number of hydrogen-bond donors (Lipinski definition) is 1. The predicted octanol–water partition coefficient (Wildman–Crippen LogP) is 2.10. The molecular weight excluding hydrogens is 216 g/mol. The Bertz CT molecular complexity index is 244. The van der Waals surface area contributed by atoms with E-state index in [1.807, 2.05) is 0 Å². The van der Waals surface area contributed by atoms with Gasteiger partial charge in [0.25, 0.3) is 0 Å². The minimum atomic E-state index is -0.309. The van der Waals surface area contributed by atoms with Gasteiger partial charge in [-0.3, -0.25) is 0 Å². The Kier molecular flexibility index (Phi) is 5.75. The number of carbonyl (C=O) groups excluding carboxylic acids is 1. The average molecular weight is 242 g/mol. The van der Waals surface area contributed by atoms with Gasteiger partial charge in [0.1, 0.15) is 0 Å². The van der Waals surface area contributed by atoms with E-state index < -0.39 is 0 Å². The second kappa shape index (κ2) is 6.84. The number of rotatable bonds is 4. The molecule has 2 unspecified atom stereocenters. The lowest BCUT2D eigenvalue weighted by molar-refractivity contribution is 0.107. The van der Waals surface area contributed by atoms with Crippen LogP contribution in [-0.2, 0) is 4.74 Å². The van der Waals surface area contributed by atoms with Gasteiger partial charge in [-0.1, -0.05) is 20.8 Å². The van der Waals surface area contributed by atoms with Gasteiger partial charge in [0.05, 0.1) is 7.11 Å². The lowest BCUT2D eigenvalue weighted by atomic mass is 9.85. The molecule has 1 amide bonds. The molecule has 0 radical (unpaired) electrons. The quantitative estimate of drug-likeness (QED) is 0.821. The zero-order valence-corrected chi connectivity index (χ0v) is 11.5. The molecule has 0 aromatic rings. The van der Waals surface area contributed by atoms with Crippen molar-refractivity contribution < 1.29 is 9.53 Å². The second-order valence-corrected chi connectivity index (χ2v) is 5.33. The van der Waals surface area contributed by atoms with Gasteiger partial charge in [-0.05, 0) is 31.2 Å². The fourth-order valence-electron chi connectivity index (χ4n) is 2.54. The number of methoxy groups -OCH3 is 1. The molecule has 100 valence electrons. The molecule has 4 heteroatoms. The Morgan fingerprint density at radius 3 is 2.71 bits per heavy atom. The molecule has 1 aliphatic rings. The van der Waals surface area contributed by atoms with Crippen molar-refractivity contribution in [3.8, 4) is 0 Å². The van der Waals surface area contributed by atoms with Crippen molar-refractivity contribution in [1.82, 2.24) is 10.2 Å². The van der Waals surface area contributed by atoms with Gasteiger partial charge in [0.2, 0.25) is 0 Å². The van der Waals surface area contributed by atoms with Crippen molar-refractivity contribution in [3.63, 3.8) is 0 Å². The molecule has 1 aliphatic heterocycles. The molecule has 1 saturated heterocycles. The van der Waals surface area contributed by atoms with Crippen molar-refractivity contribution in [2.45, 2.75) is 39.7 Å². The molecule has 1 rings (SSSR count). The third kappa shape index (κ3) is 4.54. The second-order valence-electron chi connectivity index (χ2n) is 5.33. The molecule has 17 heavy (non-hydrogen) atoms. The van der Waals surface area contributed by atoms with Gasteiger partial charge in [0, 0.05) is 19.1 Å². The molecule has 1 heterocycles. The van der Waals surface area contributed by atoms with E-state index in [1.54, 1.807) is 0 Å². The summed E-state index contributed by atoms with van der Waals surface area (Å²) in [6, 6.07) is 0.232. The predicted molar refractivity (Wildman–Crippen MR) is 69.0 cm³/mol. The van der Waals surface area contributed by atoms with Gasteiger partial charge in [-0.15, -0.1) is 0 Å². The number of piperidine rings is 1. The topological polar surface area (TPSA) is 41.6 Å². The first-order chi connectivity index (χ1) is 8.06. The van der Waals surface area contributed by atoms with E-state index in [-0.39, 0.29) is 12.1 Å². The van der Waals surface area contributed by atoms with Gasteiger partial charge in [-0.2, -0.15) is 0 Å². The smallest absolute Gasteiger partial charge is 0.407 e. The Labute approximate surface area is 105 Å². The number of ether oxygens (including phenoxy) is 1. The van der Waals surface area contributed by atoms with Crippen LogP contribution in [0.4, 0.5) is 4.79 Å². The van der Waals surface area contributed by atoms with Crippen molar-refractivity contribution in [1.29, 1.82) is 0 Å². The highest BCUT2D eigenvalue weighted by Gasteiger charge is 2.29. The molecule has 0 spiro atoms. The molecule has 1 fully saturated rings. The summed E-state index contributed by atoms with van der Waals surface area (Å²) >= 11 is 0. The Balaban J connectivity index is 2.55. The molecule has 4 nitrogen and oxygen atoms in total. The molecular formula is C13H26N2O2. The summed E-state index contributed by atoms with van der Waals surface area (Å²) in [5.41, 5.74) is 0. The fourth-order valence-corrected chi connectivity index (χ4v) is 2.54. The average Bonchev–Trinajstić information content (AvgIpc) is 2.29. The van der Waals surface area contributed by atoms with Crippen LogP contribution in [0.3, 0.4) is 0 Å². The number of hydrogen-bond acceptors (Lipinski definition) is 3. The SMILES string of the molecule is CCCN1CC(NC(=O)OC)CC(C(C)C)C1. The van der Waals surface area contributed by atoms with Crippen LogP contribution < -0.4 is 5.32 Å². The van der Waals surface area contributed by atoms with E-state index in [0.717, 1.165) is 32.5 Å². The van der Waals surface area contributed by atoms with Crippen LogP contribution in [0.15, 0.2) is 0 Å². The number of nitrogens with zero attached hydrogens (tertiary/aromatic N) is 1. The summed E-state index contributed by atoms with van der Waals surface area (Å²) in [5, 5.41) is 2.94. The first-order valence-corrected chi connectivity index (χ1v) is 6.63. The minimum Gasteiger partial charge on any atom is -0.453 e. The molecule has 0 bridgehead atoms. The van der Waals surface area contributed by atoms with Crippen molar-refractivity contribution in [2.75, 3.05) is 26.7 Å². The highest BCUT2D eigenvalue weighted by molar-refractivity contribution is 5.67. The van der Waals surface area contributed by atoms with Crippen molar-refractivity contribution >= 4 is 6.09 Å². The summed E-state index contributed by atoms with van der Waals surface area (Å²) in [5.74, 6) is 1.33. The van der Waals surface area contributed by atoms with Crippen LogP contribution >= 0.6 is 0 Å². The van der Waals surface area contributed by atoms with Gasteiger partial charge < -0.3 is 15.0 Å². The van der Waals surface area contributed by atoms with E-state index in [9.17, 15) is 4.79 Å². The highest BCUT2D eigenvalue weighted by atomic mass is 16.5. The Morgan fingerprint density at radius 2 is 2.18 bits per heavy atom. The van der Waals surface area contributed by atoms with Crippen molar-refractivity contribution in [3.05, 3.63) is 0 Å². The fraction of sp³-hybridized carbons (Fsp3) is 0.923. The van der Waals surface area contributed by atoms with Crippen LogP contribution in [0.2, 0.25) is 0 Å². The minimum absolute atomic E-state index is 0.232. The lowest BCUT2D eigenvalue weighted by Gasteiger charge is -2.39. The van der Waals surface area contributed by atoms with Gasteiger partial charge in [-0.25, -0.2) is 4.79 Å². The molecule has 0 aliphatic carbocycles. The summed E-state index contributed by atoms with van der Waals surface area (Å²) < 4.78 is 4.68. The molecule has 0 saturated carbocycles. The third-order valence-electron chi connectivity index (χ3n) is 3.55. The van der Waals surface area contributed by atoms with Crippen LogP contribution in [0, 0.1) is 11.8 Å². The van der Waals surface area contributed by atoms with Crippen LogP contribution in [-0.4, -0.2) is 43.8 Å². The summed E-state index contributed by atoms with van der Waals surface area (Å²) in [7, 11) is 1.42. The number of amides is 1. The largest absolute Gasteiger partial charge is 0.453 e. The highest BCUT2D eigenvalue weighted by Crippen LogP contribution is 2.24. The summed E-state index contributed by atoms with van der Waals surface area (Å²) in [6.45, 7) is 9.94. The van der Waals surface area contributed by atoms with E-state index >= 15 is 0 Å². The summed E-state index contributed by atoms with van der Waals surface area (Å²) in [4.78, 5) is 13.7. The first-order valence-electron chi connectivity index (χ1n) is 6.63. The number of nitrogens with one attached hydrogen (secondary N) is 1. The number of carbonyl (C=O) groups is 1. The molecule has 2 atom stereocenters. The maximum atomic E-state index is 11.3. The standard InChI is InChI=1S/C13H26N2O2/c1-5-6-15-8-11(10(2)3)7-12(9-15)14-13(16)17-4/h10-12H,5-9H2,1-4H3,(H,14,16). The number of alkyl carbamates (subject to hydrolysis) is 1. The molecule has 1 N–H and O–H groups in total. The molecule has 0 aromatic heterocycles. The third-order valence-corrected chi connectivity index (χ3v) is 3.55.